The second-order valence-electron chi connectivity index (χ2n) is 5.68. The van der Waals surface area contributed by atoms with E-state index < -0.39 is 0 Å². The second kappa shape index (κ2) is 7.17. The number of hydrogen-bond acceptors (Lipinski definition) is 5. The molecule has 5 nitrogen and oxygen atoms in total. The molecular formula is C16H21N3O2S. The van der Waals surface area contributed by atoms with E-state index in [0.29, 0.717) is 0 Å². The summed E-state index contributed by atoms with van der Waals surface area (Å²) in [6.45, 7) is 5.85. The minimum absolute atomic E-state index is 0.0933. The summed E-state index contributed by atoms with van der Waals surface area (Å²) < 4.78 is 5.85. The van der Waals surface area contributed by atoms with Crippen molar-refractivity contribution in [2.24, 2.45) is 0 Å². The van der Waals surface area contributed by atoms with Crippen LogP contribution in [0.4, 0.5) is 0 Å². The van der Waals surface area contributed by atoms with Gasteiger partial charge in [0.1, 0.15) is 0 Å². The molecule has 0 spiro atoms. The summed E-state index contributed by atoms with van der Waals surface area (Å²) in [6.07, 6.45) is 3.36. The molecule has 0 radical (unpaired) electrons. The summed E-state index contributed by atoms with van der Waals surface area (Å²) in [7, 11) is 0. The standard InChI is InChI=1S/C16H21N3O2S/c1-12-2-5-15(22-12)10-19-6-7-21-14(9-19)4-3-13-8-16(20)18-11-17-13/h2,5,8,11,14H,3-4,6-7,9-10H2,1H3,(H,17,18,20)/t14-/m1/s1. The molecule has 2 aromatic rings. The van der Waals surface area contributed by atoms with E-state index in [4.69, 9.17) is 4.74 Å². The molecule has 0 aliphatic carbocycles. The summed E-state index contributed by atoms with van der Waals surface area (Å²) in [5.74, 6) is 0. The predicted octanol–water partition coefficient (Wildman–Crippen LogP) is 1.97. The lowest BCUT2D eigenvalue weighted by molar-refractivity contribution is -0.0343. The van der Waals surface area contributed by atoms with Crippen LogP contribution in [-0.2, 0) is 17.7 Å². The number of aromatic nitrogens is 2. The van der Waals surface area contributed by atoms with Gasteiger partial charge in [-0.3, -0.25) is 9.69 Å². The Labute approximate surface area is 134 Å². The van der Waals surface area contributed by atoms with Crippen LogP contribution < -0.4 is 5.56 Å². The Balaban J connectivity index is 1.51. The van der Waals surface area contributed by atoms with Crippen LogP contribution in [0.25, 0.3) is 0 Å². The Morgan fingerprint density at radius 3 is 3.18 bits per heavy atom. The molecule has 0 unspecified atom stereocenters. The zero-order valence-electron chi connectivity index (χ0n) is 12.7. The SMILES string of the molecule is Cc1ccc(CN2CCO[C@H](CCc3cc(=O)[nH]cn3)C2)s1. The quantitative estimate of drug-likeness (QED) is 0.915. The fourth-order valence-corrected chi connectivity index (χ4v) is 3.68. The normalized spacial score (nSPS) is 19.4. The summed E-state index contributed by atoms with van der Waals surface area (Å²) in [4.78, 5) is 23.2. The molecule has 22 heavy (non-hydrogen) atoms. The number of H-pyrrole nitrogens is 1. The van der Waals surface area contributed by atoms with Crippen molar-refractivity contribution in [2.45, 2.75) is 32.4 Å². The first kappa shape index (κ1) is 15.4. The number of nitrogens with zero attached hydrogens (tertiary/aromatic N) is 2. The summed E-state index contributed by atoms with van der Waals surface area (Å²) in [5.41, 5.74) is 0.739. The van der Waals surface area contributed by atoms with Gasteiger partial charge in [0.15, 0.2) is 0 Å². The highest BCUT2D eigenvalue weighted by molar-refractivity contribution is 7.11. The van der Waals surface area contributed by atoms with Gasteiger partial charge in [0.2, 0.25) is 0 Å². The van der Waals surface area contributed by atoms with Gasteiger partial charge in [0.25, 0.3) is 5.56 Å². The number of hydrogen-bond donors (Lipinski definition) is 1. The average molecular weight is 319 g/mol. The number of morpholine rings is 1. The number of ether oxygens (including phenoxy) is 1. The number of aromatic amines is 1. The lowest BCUT2D eigenvalue weighted by atomic mass is 10.1. The zero-order valence-corrected chi connectivity index (χ0v) is 13.6. The summed E-state index contributed by atoms with van der Waals surface area (Å²) in [5, 5.41) is 0. The van der Waals surface area contributed by atoms with Crippen LogP contribution in [0, 0.1) is 6.92 Å². The third-order valence-electron chi connectivity index (χ3n) is 3.86. The van der Waals surface area contributed by atoms with E-state index in [9.17, 15) is 4.79 Å². The molecule has 0 saturated carbocycles. The largest absolute Gasteiger partial charge is 0.376 e. The van der Waals surface area contributed by atoms with Crippen molar-refractivity contribution in [3.8, 4) is 0 Å². The van der Waals surface area contributed by atoms with Gasteiger partial charge in [-0.05, 0) is 31.9 Å². The molecule has 1 N–H and O–H groups in total. The predicted molar refractivity (Wildman–Crippen MR) is 87.3 cm³/mol. The van der Waals surface area contributed by atoms with Crippen LogP contribution in [0.5, 0.6) is 0 Å². The Morgan fingerprint density at radius 1 is 1.50 bits per heavy atom. The topological polar surface area (TPSA) is 58.2 Å². The highest BCUT2D eigenvalue weighted by atomic mass is 32.1. The van der Waals surface area contributed by atoms with Gasteiger partial charge in [0.05, 0.1) is 19.0 Å². The average Bonchev–Trinajstić information content (AvgIpc) is 2.91. The van der Waals surface area contributed by atoms with Gasteiger partial charge in [-0.2, -0.15) is 0 Å². The van der Waals surface area contributed by atoms with E-state index in [2.05, 4.69) is 33.9 Å². The lowest BCUT2D eigenvalue weighted by Gasteiger charge is -2.32. The lowest BCUT2D eigenvalue weighted by Crippen LogP contribution is -2.42. The minimum Gasteiger partial charge on any atom is -0.376 e. The number of nitrogens with one attached hydrogen (secondary N) is 1. The van der Waals surface area contributed by atoms with Gasteiger partial charge in [-0.1, -0.05) is 0 Å². The Hall–Kier alpha value is -1.50. The molecule has 0 amide bonds. The van der Waals surface area contributed by atoms with Crippen molar-refractivity contribution in [1.29, 1.82) is 0 Å². The zero-order chi connectivity index (χ0) is 15.4. The summed E-state index contributed by atoms with van der Waals surface area (Å²) in [6, 6.07) is 5.95. The molecule has 6 heteroatoms. The van der Waals surface area contributed by atoms with Crippen molar-refractivity contribution in [3.63, 3.8) is 0 Å². The van der Waals surface area contributed by atoms with E-state index >= 15 is 0 Å². The number of rotatable bonds is 5. The third-order valence-corrected chi connectivity index (χ3v) is 4.84. The Kier molecular flexibility index (Phi) is 5.02. The van der Waals surface area contributed by atoms with Gasteiger partial charge in [-0.25, -0.2) is 4.98 Å². The fraction of sp³-hybridized carbons (Fsp3) is 0.500. The van der Waals surface area contributed by atoms with Crippen molar-refractivity contribution in [3.05, 3.63) is 50.3 Å². The molecule has 1 aliphatic heterocycles. The van der Waals surface area contributed by atoms with Crippen LogP contribution in [0.2, 0.25) is 0 Å². The van der Waals surface area contributed by atoms with E-state index in [1.165, 1.54) is 16.1 Å². The monoisotopic (exact) mass is 319 g/mol. The third kappa shape index (κ3) is 4.25. The van der Waals surface area contributed by atoms with Crippen LogP contribution in [0.1, 0.15) is 21.9 Å². The number of thiophene rings is 1. The van der Waals surface area contributed by atoms with Gasteiger partial charge >= 0.3 is 0 Å². The molecule has 0 bridgehead atoms. The van der Waals surface area contributed by atoms with E-state index in [-0.39, 0.29) is 11.7 Å². The molecule has 1 aliphatic rings. The highest BCUT2D eigenvalue weighted by Crippen LogP contribution is 2.19. The van der Waals surface area contributed by atoms with Crippen LogP contribution in [0.15, 0.2) is 29.3 Å². The molecule has 1 saturated heterocycles. The first-order valence-corrected chi connectivity index (χ1v) is 8.43. The van der Waals surface area contributed by atoms with E-state index in [0.717, 1.165) is 44.8 Å². The van der Waals surface area contributed by atoms with Gasteiger partial charge in [0, 0.05) is 41.1 Å². The molecule has 1 atom stereocenters. The molecule has 3 rings (SSSR count). The Morgan fingerprint density at radius 2 is 2.41 bits per heavy atom. The molecule has 1 fully saturated rings. The first-order chi connectivity index (χ1) is 10.7. The number of aryl methyl sites for hydroxylation is 2. The summed E-state index contributed by atoms with van der Waals surface area (Å²) >= 11 is 1.86. The van der Waals surface area contributed by atoms with Crippen molar-refractivity contribution in [2.75, 3.05) is 19.7 Å². The molecule has 3 heterocycles. The van der Waals surface area contributed by atoms with Crippen LogP contribution in [-0.4, -0.2) is 40.7 Å². The van der Waals surface area contributed by atoms with Crippen molar-refractivity contribution in [1.82, 2.24) is 14.9 Å². The maximum absolute atomic E-state index is 11.3. The molecule has 118 valence electrons. The van der Waals surface area contributed by atoms with Crippen molar-refractivity contribution >= 4 is 11.3 Å². The maximum Gasteiger partial charge on any atom is 0.250 e. The first-order valence-electron chi connectivity index (χ1n) is 7.62. The fourth-order valence-electron chi connectivity index (χ4n) is 2.74. The smallest absolute Gasteiger partial charge is 0.250 e. The van der Waals surface area contributed by atoms with Crippen molar-refractivity contribution < 1.29 is 4.74 Å². The Bertz CT molecular complexity index is 667. The van der Waals surface area contributed by atoms with Crippen LogP contribution in [0.3, 0.4) is 0 Å². The van der Waals surface area contributed by atoms with Gasteiger partial charge in [-0.15, -0.1) is 11.3 Å². The van der Waals surface area contributed by atoms with Gasteiger partial charge < -0.3 is 9.72 Å². The van der Waals surface area contributed by atoms with E-state index in [1.54, 1.807) is 6.07 Å². The minimum atomic E-state index is -0.0933. The molecule has 0 aromatic carbocycles. The second-order valence-corrected chi connectivity index (χ2v) is 7.05. The molecule has 2 aromatic heterocycles. The van der Waals surface area contributed by atoms with Crippen LogP contribution >= 0.6 is 11.3 Å². The maximum atomic E-state index is 11.3. The highest BCUT2D eigenvalue weighted by Gasteiger charge is 2.20. The van der Waals surface area contributed by atoms with E-state index in [1.807, 2.05) is 11.3 Å². The molecular weight excluding hydrogens is 298 g/mol.